The number of carbonyl (C=O) groups is 1. The topological polar surface area (TPSA) is 103 Å². The van der Waals surface area contributed by atoms with E-state index >= 15 is 0 Å². The normalized spacial score (nSPS) is 14.6. The Balaban J connectivity index is 1.95. The van der Waals surface area contributed by atoms with Gasteiger partial charge in [0.2, 0.25) is 5.95 Å². The molecular formula is C20H21F3N6O4. The molecule has 3 heterocycles. The van der Waals surface area contributed by atoms with Gasteiger partial charge in [0.15, 0.2) is 11.2 Å². The third-order valence-corrected chi connectivity index (χ3v) is 5.46. The highest BCUT2D eigenvalue weighted by Crippen LogP contribution is 2.28. The number of hydrogen-bond donors (Lipinski definition) is 1. The number of aryl methyl sites for hydroxylation is 1. The Morgan fingerprint density at radius 3 is 2.45 bits per heavy atom. The van der Waals surface area contributed by atoms with E-state index in [0.717, 1.165) is 4.57 Å². The van der Waals surface area contributed by atoms with Gasteiger partial charge in [-0.2, -0.15) is 18.2 Å². The Labute approximate surface area is 184 Å². The van der Waals surface area contributed by atoms with Gasteiger partial charge in [0.05, 0.1) is 5.69 Å². The van der Waals surface area contributed by atoms with Crippen LogP contribution >= 0.6 is 0 Å². The first-order valence-electron chi connectivity index (χ1n) is 10.1. The Kier molecular flexibility index (Phi) is 5.74. The molecule has 13 heteroatoms. The fourth-order valence-electron chi connectivity index (χ4n) is 3.77. The van der Waals surface area contributed by atoms with E-state index < -0.39 is 30.0 Å². The van der Waals surface area contributed by atoms with E-state index in [1.54, 1.807) is 18.2 Å². The van der Waals surface area contributed by atoms with Crippen LogP contribution in [0.4, 0.5) is 19.1 Å². The molecule has 1 fully saturated rings. The van der Waals surface area contributed by atoms with Crippen LogP contribution in [-0.2, 0) is 30.2 Å². The number of nitrogens with one attached hydrogen (secondary N) is 1. The minimum atomic E-state index is -5.13. The number of para-hydroxylation sites is 1. The molecule has 0 saturated carbocycles. The first-order chi connectivity index (χ1) is 15.6. The number of nitrogens with zero attached hydrogens (tertiary/aromatic N) is 5. The number of fused-ring (bicyclic) bond motifs is 1. The maximum Gasteiger partial charge on any atom is 0.490 e. The molecule has 0 aliphatic carbocycles. The molecule has 0 spiro atoms. The van der Waals surface area contributed by atoms with Gasteiger partial charge in [-0.1, -0.05) is 18.2 Å². The van der Waals surface area contributed by atoms with Gasteiger partial charge in [0.25, 0.3) is 5.56 Å². The van der Waals surface area contributed by atoms with Crippen molar-refractivity contribution >= 4 is 23.1 Å². The summed E-state index contributed by atoms with van der Waals surface area (Å²) in [5.74, 6) is -1.95. The van der Waals surface area contributed by atoms with Crippen LogP contribution in [0.25, 0.3) is 16.9 Å². The number of carbonyl (C=O) groups excluding carboxylic acids is 1. The van der Waals surface area contributed by atoms with Crippen molar-refractivity contribution in [2.45, 2.75) is 12.8 Å². The van der Waals surface area contributed by atoms with Crippen molar-refractivity contribution in [3.05, 3.63) is 50.7 Å². The third-order valence-electron chi connectivity index (χ3n) is 5.46. The summed E-state index contributed by atoms with van der Waals surface area (Å²) < 4.78 is 46.1. The number of ether oxygens (including phenoxy) is 1. The summed E-state index contributed by atoms with van der Waals surface area (Å²) in [7, 11) is 2.82. The lowest BCUT2D eigenvalue weighted by Gasteiger charge is -2.29. The molecular weight excluding hydrogens is 445 g/mol. The van der Waals surface area contributed by atoms with Crippen LogP contribution in [0.3, 0.4) is 0 Å². The zero-order chi connectivity index (χ0) is 23.9. The van der Waals surface area contributed by atoms with E-state index in [2.05, 4.69) is 15.0 Å². The van der Waals surface area contributed by atoms with Crippen molar-refractivity contribution in [1.29, 1.82) is 0 Å². The minimum Gasteiger partial charge on any atom is -0.454 e. The van der Waals surface area contributed by atoms with E-state index in [1.165, 1.54) is 29.3 Å². The molecule has 2 aromatic heterocycles. The van der Waals surface area contributed by atoms with Gasteiger partial charge in [-0.25, -0.2) is 9.59 Å². The fourth-order valence-corrected chi connectivity index (χ4v) is 3.77. The number of esters is 1. The van der Waals surface area contributed by atoms with Gasteiger partial charge in [-0.3, -0.25) is 18.5 Å². The molecule has 1 aromatic carbocycles. The average Bonchev–Trinajstić information content (AvgIpc) is 3.20. The summed E-state index contributed by atoms with van der Waals surface area (Å²) in [5, 5.41) is 3.21. The molecule has 0 atom stereocenters. The molecule has 1 aliphatic heterocycles. The van der Waals surface area contributed by atoms with Gasteiger partial charge >= 0.3 is 17.8 Å². The zero-order valence-corrected chi connectivity index (χ0v) is 17.8. The van der Waals surface area contributed by atoms with E-state index in [9.17, 15) is 27.6 Å². The lowest BCUT2D eigenvalue weighted by Crippen LogP contribution is -2.44. The third kappa shape index (κ3) is 3.99. The van der Waals surface area contributed by atoms with Crippen molar-refractivity contribution in [3.63, 3.8) is 0 Å². The van der Waals surface area contributed by atoms with Gasteiger partial charge in [0.1, 0.15) is 6.61 Å². The number of anilines is 1. The monoisotopic (exact) mass is 466 g/mol. The van der Waals surface area contributed by atoms with Gasteiger partial charge in [-0.15, -0.1) is 0 Å². The first kappa shape index (κ1) is 22.6. The highest BCUT2D eigenvalue weighted by atomic mass is 19.4. The molecule has 4 rings (SSSR count). The molecule has 0 radical (unpaired) electrons. The SMILES string of the molecule is Cn1c(=O)c2c(nc(N3CCNCC3)n2-c2ccccc2COC(=O)C(F)(F)F)n(C)c1=O. The highest BCUT2D eigenvalue weighted by Gasteiger charge is 2.41. The molecule has 0 unspecified atom stereocenters. The quantitative estimate of drug-likeness (QED) is 0.557. The van der Waals surface area contributed by atoms with Crippen LogP contribution in [-0.4, -0.2) is 57.0 Å². The predicted molar refractivity (Wildman–Crippen MR) is 112 cm³/mol. The standard InChI is InChI=1S/C20H21F3N6O4/c1-26-15-14(16(30)27(2)19(26)32)29(18(25-15)28-9-7-24-8-10-28)13-6-4-3-5-12(13)11-33-17(31)20(21,22)23/h3-6,24H,7-11H2,1-2H3. The van der Waals surface area contributed by atoms with Crippen LogP contribution in [0.1, 0.15) is 5.56 Å². The number of halogens is 3. The van der Waals surface area contributed by atoms with Crippen molar-refractivity contribution in [2.75, 3.05) is 31.1 Å². The number of aromatic nitrogens is 4. The maximum atomic E-state index is 13.1. The average molecular weight is 466 g/mol. The lowest BCUT2D eigenvalue weighted by molar-refractivity contribution is -0.201. The fraction of sp³-hybridized carbons (Fsp3) is 0.400. The first-order valence-corrected chi connectivity index (χ1v) is 10.1. The number of rotatable bonds is 4. The van der Waals surface area contributed by atoms with Gasteiger partial charge < -0.3 is 15.0 Å². The van der Waals surface area contributed by atoms with Crippen LogP contribution in [0.5, 0.6) is 0 Å². The van der Waals surface area contributed by atoms with Crippen molar-refractivity contribution in [3.8, 4) is 5.69 Å². The molecule has 0 bridgehead atoms. The Hall–Kier alpha value is -3.61. The van der Waals surface area contributed by atoms with E-state index in [-0.39, 0.29) is 16.7 Å². The molecule has 1 N–H and O–H groups in total. The Morgan fingerprint density at radius 2 is 1.79 bits per heavy atom. The molecule has 0 amide bonds. The largest absolute Gasteiger partial charge is 0.490 e. The molecule has 176 valence electrons. The summed E-state index contributed by atoms with van der Waals surface area (Å²) in [6.45, 7) is 1.77. The second kappa shape index (κ2) is 8.39. The summed E-state index contributed by atoms with van der Waals surface area (Å²) in [5.41, 5.74) is -0.386. The highest BCUT2D eigenvalue weighted by molar-refractivity contribution is 5.79. The number of imidazole rings is 1. The van der Waals surface area contributed by atoms with E-state index in [4.69, 9.17) is 0 Å². The number of hydrogen-bond acceptors (Lipinski definition) is 7. The molecule has 1 saturated heterocycles. The summed E-state index contributed by atoms with van der Waals surface area (Å²) >= 11 is 0. The van der Waals surface area contributed by atoms with Crippen LogP contribution in [0.2, 0.25) is 0 Å². The Morgan fingerprint density at radius 1 is 1.12 bits per heavy atom. The van der Waals surface area contributed by atoms with Gasteiger partial charge in [0, 0.05) is 45.8 Å². The summed E-state index contributed by atoms with van der Waals surface area (Å²) in [6, 6.07) is 6.31. The smallest absolute Gasteiger partial charge is 0.454 e. The number of piperazine rings is 1. The summed E-state index contributed by atoms with van der Waals surface area (Å²) in [4.78, 5) is 43.3. The minimum absolute atomic E-state index is 0.0859. The molecule has 1 aliphatic rings. The van der Waals surface area contributed by atoms with Crippen molar-refractivity contribution in [1.82, 2.24) is 24.0 Å². The molecule has 33 heavy (non-hydrogen) atoms. The summed E-state index contributed by atoms with van der Waals surface area (Å²) in [6.07, 6.45) is -5.13. The van der Waals surface area contributed by atoms with Crippen molar-refractivity contribution < 1.29 is 22.7 Å². The van der Waals surface area contributed by atoms with E-state index in [0.29, 0.717) is 37.8 Å². The lowest BCUT2D eigenvalue weighted by atomic mass is 10.2. The molecule has 3 aromatic rings. The van der Waals surface area contributed by atoms with Crippen LogP contribution in [0.15, 0.2) is 33.9 Å². The second-order valence-corrected chi connectivity index (χ2v) is 7.56. The zero-order valence-electron chi connectivity index (χ0n) is 17.8. The van der Waals surface area contributed by atoms with Gasteiger partial charge in [-0.05, 0) is 6.07 Å². The molecule has 10 nitrogen and oxygen atoms in total. The van der Waals surface area contributed by atoms with Crippen molar-refractivity contribution in [2.24, 2.45) is 14.1 Å². The van der Waals surface area contributed by atoms with E-state index in [1.807, 2.05) is 4.90 Å². The number of alkyl halides is 3. The maximum absolute atomic E-state index is 13.1. The number of benzene rings is 1. The van der Waals surface area contributed by atoms with Crippen LogP contribution < -0.4 is 21.5 Å². The predicted octanol–water partition coefficient (Wildman–Crippen LogP) is 0.438. The van der Waals surface area contributed by atoms with Crippen LogP contribution in [0, 0.1) is 0 Å². The second-order valence-electron chi connectivity index (χ2n) is 7.56. The Bertz CT molecular complexity index is 1330.